The number of esters is 1. The van der Waals surface area contributed by atoms with Gasteiger partial charge in [-0.2, -0.15) is 0 Å². The zero-order valence-electron chi connectivity index (χ0n) is 16.4. The van der Waals surface area contributed by atoms with Crippen LogP contribution in [0.3, 0.4) is 0 Å². The highest BCUT2D eigenvalue weighted by Crippen LogP contribution is 2.36. The van der Waals surface area contributed by atoms with E-state index in [1.54, 1.807) is 44.3 Å². The lowest BCUT2D eigenvalue weighted by molar-refractivity contribution is -0.128. The van der Waals surface area contributed by atoms with Crippen LogP contribution in [0, 0.1) is 0 Å². The van der Waals surface area contributed by atoms with Crippen molar-refractivity contribution in [2.45, 2.75) is 19.4 Å². The molecule has 0 bridgehead atoms. The predicted molar refractivity (Wildman–Crippen MR) is 110 cm³/mol. The molecule has 0 radical (unpaired) electrons. The average Bonchev–Trinajstić information content (AvgIpc) is 3.04. The van der Waals surface area contributed by atoms with E-state index in [9.17, 15) is 14.4 Å². The predicted octanol–water partition coefficient (Wildman–Crippen LogP) is 3.10. The molecule has 0 fully saturated rings. The summed E-state index contributed by atoms with van der Waals surface area (Å²) >= 11 is 0. The molecular weight excluding hydrogens is 370 g/mol. The van der Waals surface area contributed by atoms with Gasteiger partial charge in [0.25, 0.3) is 5.91 Å². The Labute approximate surface area is 167 Å². The first-order chi connectivity index (χ1) is 13.8. The minimum absolute atomic E-state index is 0.301. The number of hydrogen-bond acceptors (Lipinski definition) is 4. The van der Waals surface area contributed by atoms with Gasteiger partial charge in [-0.15, -0.1) is 0 Å². The van der Waals surface area contributed by atoms with Gasteiger partial charge in [0, 0.05) is 24.1 Å². The molecule has 2 heterocycles. The molecule has 7 nitrogen and oxygen atoms in total. The number of benzene rings is 2. The van der Waals surface area contributed by atoms with Gasteiger partial charge in [0.05, 0.1) is 16.9 Å². The van der Waals surface area contributed by atoms with Crippen molar-refractivity contribution in [3.05, 3.63) is 60.3 Å². The maximum atomic E-state index is 13.0. The molecule has 3 aromatic rings. The first-order valence-corrected chi connectivity index (χ1v) is 9.25. The third kappa shape index (κ3) is 3.04. The van der Waals surface area contributed by atoms with Crippen LogP contribution >= 0.6 is 0 Å². The van der Waals surface area contributed by atoms with Gasteiger partial charge < -0.3 is 14.6 Å². The van der Waals surface area contributed by atoms with Crippen LogP contribution in [0.4, 0.5) is 11.4 Å². The van der Waals surface area contributed by atoms with Crippen molar-refractivity contribution in [3.8, 4) is 0 Å². The molecule has 1 aliphatic heterocycles. The number of fused-ring (bicyclic) bond motifs is 2. The molecular formula is C22H21N3O4. The van der Waals surface area contributed by atoms with E-state index in [0.717, 1.165) is 10.9 Å². The Kier molecular flexibility index (Phi) is 4.38. The fourth-order valence-corrected chi connectivity index (χ4v) is 3.67. The summed E-state index contributed by atoms with van der Waals surface area (Å²) in [6, 6.07) is 14.5. The topological polar surface area (TPSA) is 80.6 Å². The Morgan fingerprint density at radius 3 is 2.55 bits per heavy atom. The van der Waals surface area contributed by atoms with E-state index in [2.05, 4.69) is 5.32 Å². The molecule has 0 spiro atoms. The largest absolute Gasteiger partial charge is 0.452 e. The van der Waals surface area contributed by atoms with Gasteiger partial charge in [0.2, 0.25) is 5.91 Å². The van der Waals surface area contributed by atoms with Crippen molar-refractivity contribution in [1.82, 2.24) is 4.57 Å². The molecule has 148 valence electrons. The van der Waals surface area contributed by atoms with Crippen LogP contribution in [0.25, 0.3) is 10.9 Å². The SMILES string of the molecule is Cn1cc(C(=O)OCC(=O)N2c3ccccc3NC(=O)C2(C)C)c2ccccc21. The molecule has 1 aliphatic rings. The number of hydrogen-bond donors (Lipinski definition) is 1. The van der Waals surface area contributed by atoms with Crippen LogP contribution in [0.5, 0.6) is 0 Å². The van der Waals surface area contributed by atoms with Crippen molar-refractivity contribution in [1.29, 1.82) is 0 Å². The maximum Gasteiger partial charge on any atom is 0.340 e. The zero-order chi connectivity index (χ0) is 20.8. The number of rotatable bonds is 3. The van der Waals surface area contributed by atoms with Crippen LogP contribution in [0.15, 0.2) is 54.7 Å². The molecule has 0 saturated heterocycles. The summed E-state index contributed by atoms with van der Waals surface area (Å²) in [6.45, 7) is 2.85. The van der Waals surface area contributed by atoms with Crippen LogP contribution in [-0.2, 0) is 21.4 Å². The van der Waals surface area contributed by atoms with E-state index in [-0.39, 0.29) is 5.91 Å². The molecule has 0 atom stereocenters. The van der Waals surface area contributed by atoms with Crippen molar-refractivity contribution >= 4 is 40.1 Å². The number of carbonyl (C=O) groups excluding carboxylic acids is 3. The smallest absolute Gasteiger partial charge is 0.340 e. The lowest BCUT2D eigenvalue weighted by Crippen LogP contribution is -2.59. The van der Waals surface area contributed by atoms with Gasteiger partial charge >= 0.3 is 5.97 Å². The number of aryl methyl sites for hydroxylation is 1. The number of para-hydroxylation sites is 3. The van der Waals surface area contributed by atoms with Crippen molar-refractivity contribution in [2.75, 3.05) is 16.8 Å². The second-order valence-electron chi connectivity index (χ2n) is 7.51. The fourth-order valence-electron chi connectivity index (χ4n) is 3.67. The molecule has 29 heavy (non-hydrogen) atoms. The Morgan fingerprint density at radius 1 is 1.07 bits per heavy atom. The number of amides is 2. The third-order valence-corrected chi connectivity index (χ3v) is 5.20. The zero-order valence-corrected chi connectivity index (χ0v) is 16.4. The standard InChI is InChI=1S/C22H21N3O4/c1-22(2)21(28)23-16-9-5-7-11-18(16)25(22)19(26)13-29-20(27)15-12-24(3)17-10-6-4-8-14(15)17/h4-12H,13H2,1-3H3,(H,23,28). The Morgan fingerprint density at radius 2 is 1.76 bits per heavy atom. The van der Waals surface area contributed by atoms with Gasteiger partial charge in [0.15, 0.2) is 6.61 Å². The highest BCUT2D eigenvalue weighted by molar-refractivity contribution is 6.14. The first kappa shape index (κ1) is 18.7. The van der Waals surface area contributed by atoms with Gasteiger partial charge in [-0.3, -0.25) is 14.5 Å². The highest BCUT2D eigenvalue weighted by atomic mass is 16.5. The van der Waals surface area contributed by atoms with E-state index in [4.69, 9.17) is 4.74 Å². The van der Waals surface area contributed by atoms with E-state index in [1.807, 2.05) is 35.9 Å². The molecule has 0 aliphatic carbocycles. The van der Waals surface area contributed by atoms with Gasteiger partial charge in [-0.1, -0.05) is 30.3 Å². The lowest BCUT2D eigenvalue weighted by atomic mass is 9.96. The first-order valence-electron chi connectivity index (χ1n) is 9.25. The summed E-state index contributed by atoms with van der Waals surface area (Å²) in [6.07, 6.45) is 1.69. The van der Waals surface area contributed by atoms with Gasteiger partial charge in [-0.05, 0) is 32.0 Å². The number of ether oxygens (including phenoxy) is 1. The van der Waals surface area contributed by atoms with Crippen LogP contribution < -0.4 is 10.2 Å². The molecule has 0 unspecified atom stereocenters. The third-order valence-electron chi connectivity index (χ3n) is 5.20. The summed E-state index contributed by atoms with van der Waals surface area (Å²) in [5.41, 5.74) is 1.30. The molecule has 0 saturated carbocycles. The number of nitrogens with zero attached hydrogens (tertiary/aromatic N) is 2. The van der Waals surface area contributed by atoms with Crippen LogP contribution in [0.1, 0.15) is 24.2 Å². The minimum Gasteiger partial charge on any atom is -0.452 e. The molecule has 1 N–H and O–H groups in total. The summed E-state index contributed by atoms with van der Waals surface area (Å²) in [5.74, 6) is -1.35. The van der Waals surface area contributed by atoms with E-state index in [1.165, 1.54) is 4.90 Å². The summed E-state index contributed by atoms with van der Waals surface area (Å²) < 4.78 is 7.17. The van der Waals surface area contributed by atoms with E-state index >= 15 is 0 Å². The van der Waals surface area contributed by atoms with Crippen molar-refractivity contribution < 1.29 is 19.1 Å². The second-order valence-corrected chi connectivity index (χ2v) is 7.51. The van der Waals surface area contributed by atoms with Crippen LogP contribution in [-0.4, -0.2) is 34.5 Å². The summed E-state index contributed by atoms with van der Waals surface area (Å²) in [5, 5.41) is 3.56. The Balaban J connectivity index is 1.58. The van der Waals surface area contributed by atoms with E-state index < -0.39 is 24.0 Å². The summed E-state index contributed by atoms with van der Waals surface area (Å²) in [4.78, 5) is 39.5. The van der Waals surface area contributed by atoms with Crippen molar-refractivity contribution in [2.24, 2.45) is 7.05 Å². The minimum atomic E-state index is -1.11. The quantitative estimate of drug-likeness (QED) is 0.696. The van der Waals surface area contributed by atoms with Crippen molar-refractivity contribution in [3.63, 3.8) is 0 Å². The number of anilines is 2. The molecule has 4 rings (SSSR count). The number of carbonyl (C=O) groups is 3. The average molecular weight is 391 g/mol. The monoisotopic (exact) mass is 391 g/mol. The molecule has 2 aromatic carbocycles. The number of aromatic nitrogens is 1. The fraction of sp³-hybridized carbons (Fsp3) is 0.227. The Hall–Kier alpha value is -3.61. The second kappa shape index (κ2) is 6.77. The maximum absolute atomic E-state index is 13.0. The molecule has 1 aromatic heterocycles. The Bertz CT molecular complexity index is 1150. The van der Waals surface area contributed by atoms with Crippen LogP contribution in [0.2, 0.25) is 0 Å². The molecule has 7 heteroatoms. The molecule has 2 amide bonds. The highest BCUT2D eigenvalue weighted by Gasteiger charge is 2.43. The van der Waals surface area contributed by atoms with Gasteiger partial charge in [-0.25, -0.2) is 4.79 Å². The normalized spacial score (nSPS) is 15.0. The number of nitrogens with one attached hydrogen (secondary N) is 1. The summed E-state index contributed by atoms with van der Waals surface area (Å²) in [7, 11) is 1.84. The lowest BCUT2D eigenvalue weighted by Gasteiger charge is -2.41. The van der Waals surface area contributed by atoms with Gasteiger partial charge in [0.1, 0.15) is 5.54 Å². The van der Waals surface area contributed by atoms with E-state index in [0.29, 0.717) is 16.9 Å².